The zero-order valence-corrected chi connectivity index (χ0v) is 13.0. The number of nitrogens with one attached hydrogen (secondary N) is 1. The summed E-state index contributed by atoms with van der Waals surface area (Å²) in [7, 11) is 0. The Morgan fingerprint density at radius 2 is 1.85 bits per heavy atom. The fourth-order valence-electron chi connectivity index (χ4n) is 2.45. The molecule has 1 nitrogen and oxygen atoms in total. The van der Waals surface area contributed by atoms with Crippen molar-refractivity contribution in [3.05, 3.63) is 63.9 Å². The largest absolute Gasteiger partial charge is 0.376 e. The lowest BCUT2D eigenvalue weighted by Gasteiger charge is -2.21. The number of aryl methyl sites for hydroxylation is 1. The van der Waals surface area contributed by atoms with E-state index in [2.05, 4.69) is 52.4 Å². The van der Waals surface area contributed by atoms with Gasteiger partial charge in [-0.15, -0.1) is 0 Å². The summed E-state index contributed by atoms with van der Waals surface area (Å²) in [4.78, 5) is 0. The van der Waals surface area contributed by atoms with E-state index in [1.54, 1.807) is 12.1 Å². The van der Waals surface area contributed by atoms with Crippen LogP contribution in [0.25, 0.3) is 0 Å². The van der Waals surface area contributed by atoms with Crippen LogP contribution in [-0.4, -0.2) is 0 Å². The molecule has 1 fully saturated rings. The van der Waals surface area contributed by atoms with Gasteiger partial charge < -0.3 is 5.32 Å². The smallest absolute Gasteiger partial charge is 0.146 e. The van der Waals surface area contributed by atoms with Crippen molar-refractivity contribution in [3.8, 4) is 0 Å². The Balaban J connectivity index is 1.88. The summed E-state index contributed by atoms with van der Waals surface area (Å²) >= 11 is 3.40. The molecule has 0 bridgehead atoms. The van der Waals surface area contributed by atoms with E-state index in [4.69, 9.17) is 0 Å². The highest BCUT2D eigenvalue weighted by molar-refractivity contribution is 9.10. The molecule has 0 aromatic heterocycles. The summed E-state index contributed by atoms with van der Waals surface area (Å²) in [6.45, 7) is 2.08. The lowest BCUT2D eigenvalue weighted by molar-refractivity contribution is 0.616. The number of hydrogen-bond donors (Lipinski definition) is 1. The first-order chi connectivity index (χ1) is 9.63. The van der Waals surface area contributed by atoms with Crippen LogP contribution >= 0.6 is 15.9 Å². The summed E-state index contributed by atoms with van der Waals surface area (Å²) in [6, 6.07) is 13.7. The first-order valence-corrected chi connectivity index (χ1v) is 7.71. The lowest BCUT2D eigenvalue weighted by atomic mass is 10.0. The van der Waals surface area contributed by atoms with Gasteiger partial charge in [-0.05, 0) is 49.4 Å². The van der Waals surface area contributed by atoms with Crippen LogP contribution in [0.2, 0.25) is 0 Å². The zero-order valence-electron chi connectivity index (χ0n) is 11.4. The summed E-state index contributed by atoms with van der Waals surface area (Å²) < 4.78 is 14.8. The molecule has 0 aliphatic heterocycles. The van der Waals surface area contributed by atoms with Crippen molar-refractivity contribution in [1.29, 1.82) is 0 Å². The van der Waals surface area contributed by atoms with Crippen LogP contribution in [-0.2, 0) is 0 Å². The number of anilines is 1. The third-order valence-corrected chi connectivity index (χ3v) is 4.26. The van der Waals surface area contributed by atoms with Gasteiger partial charge in [0.15, 0.2) is 0 Å². The van der Waals surface area contributed by atoms with Crippen LogP contribution in [0.15, 0.2) is 46.9 Å². The fourth-order valence-corrected chi connectivity index (χ4v) is 2.81. The van der Waals surface area contributed by atoms with E-state index in [1.165, 1.54) is 30.0 Å². The molecule has 2 aromatic rings. The molecule has 0 radical (unpaired) electrons. The summed E-state index contributed by atoms with van der Waals surface area (Å²) in [6.07, 6.45) is 2.42. The first kappa shape index (κ1) is 13.6. The molecule has 2 aromatic carbocycles. The lowest BCUT2D eigenvalue weighted by Crippen LogP contribution is -2.13. The van der Waals surface area contributed by atoms with Crippen molar-refractivity contribution in [2.45, 2.75) is 25.8 Å². The predicted octanol–water partition coefficient (Wildman–Crippen LogP) is 5.46. The van der Waals surface area contributed by atoms with Crippen LogP contribution in [0, 0.1) is 18.7 Å². The molecule has 1 N–H and O–H groups in total. The minimum atomic E-state index is -0.203. The maximum atomic E-state index is 13.9. The molecule has 3 heteroatoms. The van der Waals surface area contributed by atoms with Crippen LogP contribution in [0.4, 0.5) is 10.1 Å². The monoisotopic (exact) mass is 333 g/mol. The van der Waals surface area contributed by atoms with E-state index in [0.717, 1.165) is 4.47 Å². The van der Waals surface area contributed by atoms with Gasteiger partial charge in [0, 0.05) is 4.47 Å². The molecule has 20 heavy (non-hydrogen) atoms. The first-order valence-electron chi connectivity index (χ1n) is 6.91. The Morgan fingerprint density at radius 3 is 2.50 bits per heavy atom. The van der Waals surface area contributed by atoms with E-state index in [9.17, 15) is 4.39 Å². The second-order valence-corrected chi connectivity index (χ2v) is 6.41. The van der Waals surface area contributed by atoms with E-state index >= 15 is 0 Å². The van der Waals surface area contributed by atoms with Gasteiger partial charge in [0.25, 0.3) is 0 Å². The maximum absolute atomic E-state index is 13.9. The SMILES string of the molecule is Cc1ccc(C(Nc2cc(Br)ccc2F)C2CC2)cc1. The Kier molecular flexibility index (Phi) is 3.79. The Labute approximate surface area is 127 Å². The van der Waals surface area contributed by atoms with Gasteiger partial charge >= 0.3 is 0 Å². The van der Waals surface area contributed by atoms with Gasteiger partial charge in [0.1, 0.15) is 5.82 Å². The highest BCUT2D eigenvalue weighted by atomic mass is 79.9. The van der Waals surface area contributed by atoms with Gasteiger partial charge in [-0.3, -0.25) is 0 Å². The number of halogens is 2. The number of hydrogen-bond acceptors (Lipinski definition) is 1. The molecular formula is C17H17BrFN. The molecule has 1 saturated carbocycles. The topological polar surface area (TPSA) is 12.0 Å². The molecular weight excluding hydrogens is 317 g/mol. The van der Waals surface area contributed by atoms with E-state index < -0.39 is 0 Å². The summed E-state index contributed by atoms with van der Waals surface area (Å²) in [5.74, 6) is 0.405. The second kappa shape index (κ2) is 5.57. The van der Waals surface area contributed by atoms with E-state index in [-0.39, 0.29) is 11.9 Å². The van der Waals surface area contributed by atoms with Crippen molar-refractivity contribution < 1.29 is 4.39 Å². The van der Waals surface area contributed by atoms with Crippen molar-refractivity contribution in [1.82, 2.24) is 0 Å². The molecule has 1 unspecified atom stereocenters. The third-order valence-electron chi connectivity index (χ3n) is 3.77. The van der Waals surface area contributed by atoms with Crippen molar-refractivity contribution in [2.24, 2.45) is 5.92 Å². The molecule has 0 amide bonds. The Bertz CT molecular complexity index is 605. The minimum Gasteiger partial charge on any atom is -0.376 e. The quantitative estimate of drug-likeness (QED) is 0.783. The third kappa shape index (κ3) is 3.04. The molecule has 0 heterocycles. The molecule has 0 spiro atoms. The predicted molar refractivity (Wildman–Crippen MR) is 84.4 cm³/mol. The zero-order chi connectivity index (χ0) is 14.1. The van der Waals surface area contributed by atoms with Crippen molar-refractivity contribution in [2.75, 3.05) is 5.32 Å². The second-order valence-electron chi connectivity index (χ2n) is 5.49. The van der Waals surface area contributed by atoms with Crippen LogP contribution in [0.5, 0.6) is 0 Å². The Hall–Kier alpha value is -1.35. The fraction of sp³-hybridized carbons (Fsp3) is 0.294. The Morgan fingerprint density at radius 1 is 1.15 bits per heavy atom. The van der Waals surface area contributed by atoms with Crippen LogP contribution in [0.1, 0.15) is 30.0 Å². The molecule has 1 aliphatic carbocycles. The van der Waals surface area contributed by atoms with Crippen molar-refractivity contribution >= 4 is 21.6 Å². The normalized spacial score (nSPS) is 15.9. The molecule has 1 aliphatic rings. The average Bonchev–Trinajstić information content (AvgIpc) is 3.25. The van der Waals surface area contributed by atoms with Gasteiger partial charge in [-0.2, -0.15) is 0 Å². The van der Waals surface area contributed by atoms with E-state index in [0.29, 0.717) is 11.6 Å². The molecule has 0 saturated heterocycles. The highest BCUT2D eigenvalue weighted by Crippen LogP contribution is 2.43. The maximum Gasteiger partial charge on any atom is 0.146 e. The molecule has 3 rings (SSSR count). The van der Waals surface area contributed by atoms with Gasteiger partial charge in [-0.1, -0.05) is 45.8 Å². The van der Waals surface area contributed by atoms with Crippen LogP contribution < -0.4 is 5.32 Å². The summed E-state index contributed by atoms with van der Waals surface area (Å²) in [5, 5.41) is 3.38. The van der Waals surface area contributed by atoms with Crippen LogP contribution in [0.3, 0.4) is 0 Å². The average molecular weight is 334 g/mol. The highest BCUT2D eigenvalue weighted by Gasteiger charge is 2.32. The molecule has 1 atom stereocenters. The molecule has 104 valence electrons. The van der Waals surface area contributed by atoms with Gasteiger partial charge in [-0.25, -0.2) is 4.39 Å². The van der Waals surface area contributed by atoms with Gasteiger partial charge in [0.2, 0.25) is 0 Å². The standard InChI is InChI=1S/C17H17BrFN/c1-11-2-4-12(5-3-11)17(13-6-7-13)20-16-10-14(18)8-9-15(16)19/h2-5,8-10,13,17,20H,6-7H2,1H3. The van der Waals surface area contributed by atoms with Crippen molar-refractivity contribution in [3.63, 3.8) is 0 Å². The minimum absolute atomic E-state index is 0.194. The van der Waals surface area contributed by atoms with E-state index in [1.807, 2.05) is 0 Å². The summed E-state index contributed by atoms with van der Waals surface area (Å²) in [5.41, 5.74) is 3.05. The number of benzene rings is 2. The van der Waals surface area contributed by atoms with Gasteiger partial charge in [0.05, 0.1) is 11.7 Å². The number of rotatable bonds is 4.